The summed E-state index contributed by atoms with van der Waals surface area (Å²) in [5.74, 6) is -1.71. The lowest BCUT2D eigenvalue weighted by Crippen LogP contribution is -2.46. The van der Waals surface area contributed by atoms with Gasteiger partial charge in [0.25, 0.3) is 10.0 Å². The van der Waals surface area contributed by atoms with Gasteiger partial charge in [0, 0.05) is 13.5 Å². The first-order valence-corrected chi connectivity index (χ1v) is 11.3. The van der Waals surface area contributed by atoms with Gasteiger partial charge >= 0.3 is 6.18 Å². The van der Waals surface area contributed by atoms with Gasteiger partial charge in [0.2, 0.25) is 11.7 Å². The van der Waals surface area contributed by atoms with Gasteiger partial charge in [0.15, 0.2) is 0 Å². The predicted octanol–water partition coefficient (Wildman–Crippen LogP) is 2.95. The van der Waals surface area contributed by atoms with E-state index in [9.17, 15) is 26.4 Å². The third-order valence-electron chi connectivity index (χ3n) is 4.29. The van der Waals surface area contributed by atoms with Crippen LogP contribution in [-0.4, -0.2) is 39.3 Å². The number of benzene rings is 1. The van der Waals surface area contributed by atoms with Crippen molar-refractivity contribution in [1.82, 2.24) is 10.0 Å². The molecule has 12 heteroatoms. The summed E-state index contributed by atoms with van der Waals surface area (Å²) in [6, 6.07) is 10.6. The van der Waals surface area contributed by atoms with Gasteiger partial charge in [0.05, 0.1) is 4.88 Å². The van der Waals surface area contributed by atoms with Crippen molar-refractivity contribution in [3.8, 4) is 0 Å². The van der Waals surface area contributed by atoms with Gasteiger partial charge < -0.3 is 10.2 Å². The fraction of sp³-hybridized carbons (Fsp3) is 0.263. The minimum Gasteiger partial charge on any atom is -0.358 e. The quantitative estimate of drug-likeness (QED) is 0.646. The van der Waals surface area contributed by atoms with Crippen molar-refractivity contribution in [3.63, 3.8) is 0 Å². The SMILES string of the molecule is CNC(=O)C(Cc1ccccc1)NS(=O)(=O)c1ccc(C2=NOC(C(F)(F)F)=CC2)s1. The van der Waals surface area contributed by atoms with Crippen molar-refractivity contribution >= 4 is 33.0 Å². The summed E-state index contributed by atoms with van der Waals surface area (Å²) in [5.41, 5.74) is 0.943. The van der Waals surface area contributed by atoms with Crippen LogP contribution in [0.3, 0.4) is 0 Å². The molecule has 1 unspecified atom stereocenters. The van der Waals surface area contributed by atoms with Gasteiger partial charge in [-0.1, -0.05) is 35.5 Å². The Balaban J connectivity index is 1.75. The van der Waals surface area contributed by atoms with Crippen LogP contribution in [0.5, 0.6) is 0 Å². The Bertz CT molecular complexity index is 1110. The molecule has 0 fully saturated rings. The van der Waals surface area contributed by atoms with E-state index in [1.165, 1.54) is 19.2 Å². The molecule has 0 saturated heterocycles. The van der Waals surface area contributed by atoms with Gasteiger partial charge in [-0.25, -0.2) is 8.42 Å². The number of carbonyl (C=O) groups is 1. The van der Waals surface area contributed by atoms with Gasteiger partial charge in [-0.15, -0.1) is 11.3 Å². The number of alkyl halides is 3. The smallest absolute Gasteiger partial charge is 0.358 e. The zero-order valence-electron chi connectivity index (χ0n) is 16.1. The molecule has 0 spiro atoms. The molecule has 1 aliphatic heterocycles. The topological polar surface area (TPSA) is 96.9 Å². The number of rotatable bonds is 7. The molecule has 2 heterocycles. The van der Waals surface area contributed by atoms with Gasteiger partial charge in [0.1, 0.15) is 16.0 Å². The fourth-order valence-corrected chi connectivity index (χ4v) is 5.27. The maximum absolute atomic E-state index is 12.8. The number of thiophene rings is 1. The summed E-state index contributed by atoms with van der Waals surface area (Å²) < 4.78 is 65.8. The number of halogens is 3. The van der Waals surface area contributed by atoms with Crippen LogP contribution in [0.4, 0.5) is 13.2 Å². The van der Waals surface area contributed by atoms with Crippen LogP contribution in [0.1, 0.15) is 16.9 Å². The van der Waals surface area contributed by atoms with E-state index in [0.29, 0.717) is 4.88 Å². The van der Waals surface area contributed by atoms with E-state index in [4.69, 9.17) is 0 Å². The third-order valence-corrected chi connectivity index (χ3v) is 7.39. The minimum absolute atomic E-state index is 0.0993. The molecule has 0 radical (unpaired) electrons. The Labute approximate surface area is 180 Å². The van der Waals surface area contributed by atoms with Crippen LogP contribution in [0.25, 0.3) is 0 Å². The Morgan fingerprint density at radius 2 is 1.94 bits per heavy atom. The van der Waals surface area contributed by atoms with E-state index in [1.54, 1.807) is 30.3 Å². The second-order valence-electron chi connectivity index (χ2n) is 6.50. The Kier molecular flexibility index (Phi) is 6.82. The molecule has 1 aromatic heterocycles. The molecule has 166 valence electrons. The van der Waals surface area contributed by atoms with Crippen LogP contribution in [0.2, 0.25) is 0 Å². The van der Waals surface area contributed by atoms with Crippen molar-refractivity contribution in [2.75, 3.05) is 7.05 Å². The molecule has 3 rings (SSSR count). The summed E-state index contributed by atoms with van der Waals surface area (Å²) in [4.78, 5) is 17.0. The predicted molar refractivity (Wildman–Crippen MR) is 109 cm³/mol. The number of amides is 1. The summed E-state index contributed by atoms with van der Waals surface area (Å²) >= 11 is 0.819. The third kappa shape index (κ3) is 5.71. The van der Waals surface area contributed by atoms with Gasteiger partial charge in [-0.05, 0) is 30.2 Å². The standard InChI is InChI=1S/C19H18F3N3O4S2/c1-23-18(26)14(11-12-5-3-2-4-6-12)25-31(27,28)17-10-8-15(30-17)13-7-9-16(29-24-13)19(20,21)22/h2-6,8-10,14,25H,7,11H2,1H3,(H,23,26). The maximum atomic E-state index is 12.8. The van der Waals surface area contributed by atoms with Gasteiger partial charge in [-0.2, -0.15) is 17.9 Å². The molecular weight excluding hydrogens is 455 g/mol. The molecule has 1 atom stereocenters. The molecule has 0 bridgehead atoms. The van der Waals surface area contributed by atoms with Crippen molar-refractivity contribution in [2.24, 2.45) is 5.16 Å². The van der Waals surface area contributed by atoms with Crippen molar-refractivity contribution in [3.05, 3.63) is 64.7 Å². The number of hydrogen-bond donors (Lipinski definition) is 2. The van der Waals surface area contributed by atoms with Crippen LogP contribution >= 0.6 is 11.3 Å². The molecule has 31 heavy (non-hydrogen) atoms. The molecule has 1 amide bonds. The first kappa shape index (κ1) is 23.0. The van der Waals surface area contributed by atoms with E-state index in [2.05, 4.69) is 20.0 Å². The number of hydrogen-bond acceptors (Lipinski definition) is 6. The van der Waals surface area contributed by atoms with Crippen LogP contribution in [0, 0.1) is 0 Å². The van der Waals surface area contributed by atoms with Crippen molar-refractivity contribution < 1.29 is 31.2 Å². The summed E-state index contributed by atoms with van der Waals surface area (Å²) in [7, 11) is -2.67. The average molecular weight is 473 g/mol. The number of nitrogens with zero attached hydrogens (tertiary/aromatic N) is 1. The second kappa shape index (κ2) is 9.20. The summed E-state index contributed by atoms with van der Waals surface area (Å²) in [6.07, 6.45) is -3.81. The highest BCUT2D eigenvalue weighted by Crippen LogP contribution is 2.31. The zero-order chi connectivity index (χ0) is 22.6. The molecule has 2 N–H and O–H groups in total. The second-order valence-corrected chi connectivity index (χ2v) is 9.52. The number of oxime groups is 1. The van der Waals surface area contributed by atoms with E-state index in [1.807, 2.05) is 0 Å². The van der Waals surface area contributed by atoms with E-state index < -0.39 is 33.9 Å². The Morgan fingerprint density at radius 1 is 1.23 bits per heavy atom. The van der Waals surface area contributed by atoms with Crippen LogP contribution < -0.4 is 10.0 Å². The molecule has 2 aromatic rings. The summed E-state index contributed by atoms with van der Waals surface area (Å²) in [5, 5.41) is 5.90. The highest BCUT2D eigenvalue weighted by molar-refractivity contribution is 7.91. The number of allylic oxidation sites excluding steroid dienone is 2. The normalized spacial score (nSPS) is 15.5. The maximum Gasteiger partial charge on any atom is 0.452 e. The first-order chi connectivity index (χ1) is 14.6. The number of nitrogens with one attached hydrogen (secondary N) is 2. The minimum atomic E-state index is -4.64. The number of carbonyl (C=O) groups excluding carboxylic acids is 1. The largest absolute Gasteiger partial charge is 0.452 e. The monoisotopic (exact) mass is 473 g/mol. The van der Waals surface area contributed by atoms with E-state index >= 15 is 0 Å². The molecular formula is C19H18F3N3O4S2. The number of likely N-dealkylation sites (N-methyl/N-ethyl adjacent to an activating group) is 1. The summed E-state index contributed by atoms with van der Waals surface area (Å²) in [6.45, 7) is 0. The Morgan fingerprint density at radius 3 is 2.52 bits per heavy atom. The van der Waals surface area contributed by atoms with Crippen molar-refractivity contribution in [2.45, 2.75) is 29.3 Å². The van der Waals surface area contributed by atoms with Crippen molar-refractivity contribution in [1.29, 1.82) is 0 Å². The van der Waals surface area contributed by atoms with E-state index in [-0.39, 0.29) is 22.8 Å². The molecule has 1 aromatic carbocycles. The Hall–Kier alpha value is -2.70. The lowest BCUT2D eigenvalue weighted by Gasteiger charge is -2.17. The van der Waals surface area contributed by atoms with E-state index in [0.717, 1.165) is 23.0 Å². The first-order valence-electron chi connectivity index (χ1n) is 8.99. The average Bonchev–Trinajstić information content (AvgIpc) is 3.24. The molecule has 0 saturated carbocycles. The lowest BCUT2D eigenvalue weighted by molar-refractivity contribution is -0.131. The molecule has 7 nitrogen and oxygen atoms in total. The molecule has 0 aliphatic carbocycles. The lowest BCUT2D eigenvalue weighted by atomic mass is 10.1. The number of sulfonamides is 1. The van der Waals surface area contributed by atoms with Crippen LogP contribution in [-0.2, 0) is 26.1 Å². The highest BCUT2D eigenvalue weighted by atomic mass is 32.2. The van der Waals surface area contributed by atoms with Gasteiger partial charge in [-0.3, -0.25) is 4.79 Å². The fourth-order valence-electron chi connectivity index (χ4n) is 2.76. The molecule has 1 aliphatic rings. The zero-order valence-corrected chi connectivity index (χ0v) is 17.8. The van der Waals surface area contributed by atoms with Crippen LogP contribution in [0.15, 0.2) is 63.7 Å². The highest BCUT2D eigenvalue weighted by Gasteiger charge is 2.38.